The molecule has 34 atom stereocenters. The first-order valence-electron chi connectivity index (χ1n) is 31.3. The van der Waals surface area contributed by atoms with Crippen LogP contribution in [0.4, 0.5) is 0 Å². The molecule has 87 heavy (non-hydrogen) atoms. The first-order chi connectivity index (χ1) is 40.7. The third-order valence-electron chi connectivity index (χ3n) is 22.8. The fourth-order valence-electron chi connectivity index (χ4n) is 17.0. The van der Waals surface area contributed by atoms with Gasteiger partial charge in [-0.05, 0) is 118 Å². The van der Waals surface area contributed by atoms with Gasteiger partial charge in [0.1, 0.15) is 116 Å². The molecule has 0 aromatic rings. The molecule has 0 aromatic heterocycles. The van der Waals surface area contributed by atoms with Gasteiger partial charge >= 0.3 is 0 Å². The number of rotatable bonds is 19. The molecule has 28 unspecified atom stereocenters. The minimum absolute atomic E-state index is 0.0814. The average Bonchev–Trinajstić information content (AvgIpc) is 1.68. The molecule has 0 amide bonds. The Balaban J connectivity index is 0.870. The molecule has 0 spiro atoms. The zero-order valence-electron chi connectivity index (χ0n) is 51.4. The molecule has 27 heteroatoms. The third-order valence-corrected chi connectivity index (χ3v) is 22.8. The van der Waals surface area contributed by atoms with Gasteiger partial charge < -0.3 is 134 Å². The van der Waals surface area contributed by atoms with Crippen molar-refractivity contribution in [3.63, 3.8) is 0 Å². The van der Waals surface area contributed by atoms with E-state index in [9.17, 15) is 86.8 Å². The number of fused-ring (bicyclic) bond motifs is 5. The van der Waals surface area contributed by atoms with Crippen LogP contribution >= 0.6 is 0 Å². The number of allylic oxidation sites excluding steroid dienone is 1. The van der Waals surface area contributed by atoms with Crippen molar-refractivity contribution in [3.05, 3.63) is 11.6 Å². The van der Waals surface area contributed by atoms with Crippen LogP contribution in [0.15, 0.2) is 11.6 Å². The largest absolute Gasteiger partial charge is 0.394 e. The van der Waals surface area contributed by atoms with Crippen LogP contribution < -0.4 is 0 Å². The molecule has 0 radical (unpaired) electrons. The fraction of sp³-hybridized carbons (Fsp3) is 0.967. The fourth-order valence-corrected chi connectivity index (χ4v) is 17.0. The molecular weight excluding hydrogens is 1150 g/mol. The van der Waals surface area contributed by atoms with Gasteiger partial charge in [-0.15, -0.1) is 0 Å². The van der Waals surface area contributed by atoms with Crippen molar-refractivity contribution >= 4 is 0 Å². The lowest BCUT2D eigenvalue weighted by Crippen LogP contribution is -2.65. The highest BCUT2D eigenvalue weighted by molar-refractivity contribution is 5.30. The molecule has 3 saturated carbocycles. The number of aliphatic hydroxyl groups is 17. The Kier molecular flexibility index (Phi) is 21.6. The van der Waals surface area contributed by atoms with E-state index >= 15 is 0 Å². The van der Waals surface area contributed by atoms with Gasteiger partial charge in [0.05, 0.1) is 50.3 Å². The SMILES string of the molecule is CC1OC(OCC2OC(OC(CC[C@@H](C)[C@H]3CC[C@@]4(C)C5CC=C6C(CC[C@H](OC7OC(CO)C(OC8OC(CO)C(O)C(O)C8O)C(O)C7O)C6(C)C)[C@]5(C)CC[C@]34C)C(C)(C)O)C(OC3OC(CO)C(O)C(O)C3O)C(O)C2O)C(O)C(O)C1O. The second-order valence-corrected chi connectivity index (χ2v) is 28.6. The Labute approximate surface area is 507 Å². The summed E-state index contributed by atoms with van der Waals surface area (Å²) in [6, 6.07) is 0. The van der Waals surface area contributed by atoms with Crippen molar-refractivity contribution in [1.82, 2.24) is 0 Å². The van der Waals surface area contributed by atoms with Crippen molar-refractivity contribution in [2.75, 3.05) is 26.4 Å². The summed E-state index contributed by atoms with van der Waals surface area (Å²) in [7, 11) is 0. The van der Waals surface area contributed by atoms with Gasteiger partial charge in [-0.2, -0.15) is 0 Å². The number of hydrogen-bond acceptors (Lipinski definition) is 27. The van der Waals surface area contributed by atoms with Gasteiger partial charge in [-0.25, -0.2) is 0 Å². The maximum Gasteiger partial charge on any atom is 0.187 e. The van der Waals surface area contributed by atoms with Gasteiger partial charge in [-0.1, -0.05) is 53.2 Å². The Morgan fingerprint density at radius 2 is 1.03 bits per heavy atom. The molecule has 9 rings (SSSR count). The van der Waals surface area contributed by atoms with Crippen molar-refractivity contribution in [1.29, 1.82) is 0 Å². The summed E-state index contributed by atoms with van der Waals surface area (Å²) in [4.78, 5) is 0. The zero-order chi connectivity index (χ0) is 63.9. The molecule has 0 aromatic carbocycles. The molecule has 8 fully saturated rings. The number of hydrogen-bond donors (Lipinski definition) is 17. The van der Waals surface area contributed by atoms with Crippen molar-refractivity contribution in [2.24, 2.45) is 45.3 Å². The van der Waals surface area contributed by atoms with E-state index in [1.54, 1.807) is 13.8 Å². The van der Waals surface area contributed by atoms with E-state index in [1.165, 1.54) is 12.5 Å². The predicted molar refractivity (Wildman–Crippen MR) is 297 cm³/mol. The van der Waals surface area contributed by atoms with Gasteiger partial charge in [0.2, 0.25) is 0 Å². The minimum Gasteiger partial charge on any atom is -0.394 e. The van der Waals surface area contributed by atoms with Crippen LogP contribution in [0.2, 0.25) is 0 Å². The highest BCUT2D eigenvalue weighted by atomic mass is 16.8. The highest BCUT2D eigenvalue weighted by Gasteiger charge is 2.68. The molecule has 27 nitrogen and oxygen atoms in total. The van der Waals surface area contributed by atoms with E-state index in [4.69, 9.17) is 47.4 Å². The maximum absolute atomic E-state index is 11.8. The van der Waals surface area contributed by atoms with E-state index in [0.717, 1.165) is 38.5 Å². The Morgan fingerprint density at radius 1 is 0.529 bits per heavy atom. The van der Waals surface area contributed by atoms with Gasteiger partial charge in [0.15, 0.2) is 31.5 Å². The zero-order valence-corrected chi connectivity index (χ0v) is 51.4. The summed E-state index contributed by atoms with van der Waals surface area (Å²) < 4.78 is 59.9. The van der Waals surface area contributed by atoms with Crippen molar-refractivity contribution < 1.29 is 134 Å². The van der Waals surface area contributed by atoms with Gasteiger partial charge in [0.25, 0.3) is 0 Å². The quantitative estimate of drug-likeness (QED) is 0.0562. The van der Waals surface area contributed by atoms with E-state index in [-0.39, 0.29) is 40.4 Å². The smallest absolute Gasteiger partial charge is 0.187 e. The van der Waals surface area contributed by atoms with Crippen LogP contribution in [0.3, 0.4) is 0 Å². The molecule has 0 bridgehead atoms. The lowest BCUT2D eigenvalue weighted by molar-refractivity contribution is -0.380. The Morgan fingerprint density at radius 3 is 1.62 bits per heavy atom. The van der Waals surface area contributed by atoms with Crippen LogP contribution in [-0.2, 0) is 47.4 Å². The van der Waals surface area contributed by atoms with Gasteiger partial charge in [-0.3, -0.25) is 0 Å². The lowest BCUT2D eigenvalue weighted by atomic mass is 9.39. The van der Waals surface area contributed by atoms with Gasteiger partial charge in [0, 0.05) is 5.41 Å². The predicted octanol–water partition coefficient (Wildman–Crippen LogP) is -3.35. The molecular formula is C60H102O27. The van der Waals surface area contributed by atoms with Crippen LogP contribution in [0.25, 0.3) is 0 Å². The van der Waals surface area contributed by atoms with E-state index in [2.05, 4.69) is 47.6 Å². The van der Waals surface area contributed by atoms with Crippen molar-refractivity contribution in [2.45, 2.75) is 291 Å². The highest BCUT2D eigenvalue weighted by Crippen LogP contribution is 2.75. The Hall–Kier alpha value is -1.34. The average molecular weight is 1260 g/mol. The van der Waals surface area contributed by atoms with E-state index < -0.39 is 203 Å². The lowest BCUT2D eigenvalue weighted by Gasteiger charge is -2.66. The molecule has 5 aliphatic heterocycles. The minimum atomic E-state index is -1.91. The molecule has 5 saturated heterocycles. The summed E-state index contributed by atoms with van der Waals surface area (Å²) in [6.45, 7) is 15.6. The third kappa shape index (κ3) is 12.8. The first kappa shape index (κ1) is 70.0. The summed E-state index contributed by atoms with van der Waals surface area (Å²) in [5, 5.41) is 183. The monoisotopic (exact) mass is 1250 g/mol. The topological polar surface area (TPSA) is 436 Å². The molecule has 5 heterocycles. The molecule has 504 valence electrons. The molecule has 9 aliphatic rings. The number of ether oxygens (including phenoxy) is 10. The number of aliphatic hydroxyl groups excluding tert-OH is 16. The first-order valence-corrected chi connectivity index (χ1v) is 31.3. The summed E-state index contributed by atoms with van der Waals surface area (Å²) in [6.07, 6.45) is -32.2. The summed E-state index contributed by atoms with van der Waals surface area (Å²) >= 11 is 0. The van der Waals surface area contributed by atoms with Crippen LogP contribution in [0, 0.1) is 45.3 Å². The second-order valence-electron chi connectivity index (χ2n) is 28.6. The maximum atomic E-state index is 11.8. The van der Waals surface area contributed by atoms with Crippen LogP contribution in [-0.4, -0.2) is 285 Å². The van der Waals surface area contributed by atoms with Crippen molar-refractivity contribution in [3.8, 4) is 0 Å². The standard InChI is InChI=1S/C60H102O27/c1-24(10-14-35(57(5,6)77)85-55-50(87-54-47(75)42(70)38(66)30(21-62)81-54)43(71)39(67)32(83-55)23-78-51-45(73)40(68)36(64)25(2)79-51)26-16-17-60(9)33-13-11-27-28(58(33,7)18-19-59(26,60)8)12-15-34(56(27,3)4)84-52-48(76)44(72)49(31(22-63)82-52)86-53-46(74)41(69)37(65)29(20-61)80-53/h11,24-26,28-55,61-77H,10,12-23H2,1-9H3/t24-,25?,26-,28?,29?,30?,31?,32?,33?,34+,35?,36?,37?,38?,39?,40?,41?,42?,43?,44?,45?,46?,47?,48?,49?,50?,51?,52?,53?,54?,55?,58+,59-,60+/m1/s1. The summed E-state index contributed by atoms with van der Waals surface area (Å²) in [5.41, 5.74) is -1.13. The van der Waals surface area contributed by atoms with E-state index in [1.807, 2.05) is 0 Å². The van der Waals surface area contributed by atoms with Crippen LogP contribution in [0.1, 0.15) is 120 Å². The van der Waals surface area contributed by atoms with E-state index in [0.29, 0.717) is 18.8 Å². The van der Waals surface area contributed by atoms with Crippen LogP contribution in [0.5, 0.6) is 0 Å². The molecule has 4 aliphatic carbocycles. The molecule has 17 N–H and O–H groups in total. The second kappa shape index (κ2) is 26.8. The summed E-state index contributed by atoms with van der Waals surface area (Å²) in [5.74, 6) is 0.883. The Bertz CT molecular complexity index is 2290. The normalized spacial score (nSPS) is 51.8.